The van der Waals surface area contributed by atoms with Gasteiger partial charge in [0, 0.05) is 24.0 Å². The van der Waals surface area contributed by atoms with Crippen molar-refractivity contribution in [1.29, 1.82) is 0 Å². The monoisotopic (exact) mass is 350 g/mol. The van der Waals surface area contributed by atoms with Crippen LogP contribution < -0.4 is 5.32 Å². The van der Waals surface area contributed by atoms with Gasteiger partial charge in [-0.25, -0.2) is 0 Å². The van der Waals surface area contributed by atoms with Crippen LogP contribution in [0.3, 0.4) is 0 Å². The summed E-state index contributed by atoms with van der Waals surface area (Å²) >= 11 is 3.56. The van der Waals surface area contributed by atoms with Crippen molar-refractivity contribution in [1.82, 2.24) is 10.2 Å². The molecule has 0 aromatic heterocycles. The number of amides is 1. The average molecular weight is 351 g/mol. The summed E-state index contributed by atoms with van der Waals surface area (Å²) < 4.78 is 1.11. The van der Waals surface area contributed by atoms with E-state index >= 15 is 0 Å². The largest absolute Gasteiger partial charge is 0.343 e. The minimum Gasteiger partial charge on any atom is -0.343 e. The van der Waals surface area contributed by atoms with Gasteiger partial charge in [-0.1, -0.05) is 34.1 Å². The molecular weight excluding hydrogens is 328 g/mol. The molecule has 1 aromatic rings. The summed E-state index contributed by atoms with van der Waals surface area (Å²) in [5.74, 6) is 1.89. The summed E-state index contributed by atoms with van der Waals surface area (Å²) in [5, 5.41) is 3.48. The first-order chi connectivity index (χ1) is 10.2. The molecule has 0 radical (unpaired) electrons. The molecule has 2 aliphatic heterocycles. The van der Waals surface area contributed by atoms with Crippen LogP contribution in [-0.2, 0) is 11.2 Å². The highest BCUT2D eigenvalue weighted by molar-refractivity contribution is 9.10. The summed E-state index contributed by atoms with van der Waals surface area (Å²) in [7, 11) is 0. The van der Waals surface area contributed by atoms with Gasteiger partial charge in [0.15, 0.2) is 0 Å². The Hall–Kier alpha value is -0.870. The van der Waals surface area contributed by atoms with Gasteiger partial charge in [0.05, 0.1) is 0 Å². The summed E-state index contributed by atoms with van der Waals surface area (Å²) in [6, 6.07) is 8.18. The number of hydrogen-bond acceptors (Lipinski definition) is 2. The van der Waals surface area contributed by atoms with E-state index < -0.39 is 0 Å². The Kier molecular flexibility index (Phi) is 4.96. The molecule has 21 heavy (non-hydrogen) atoms. The van der Waals surface area contributed by atoms with E-state index in [4.69, 9.17) is 0 Å². The van der Waals surface area contributed by atoms with Crippen LogP contribution >= 0.6 is 15.9 Å². The smallest absolute Gasteiger partial charge is 0.222 e. The number of rotatable bonds is 3. The third-order valence-corrected chi connectivity index (χ3v) is 5.71. The quantitative estimate of drug-likeness (QED) is 0.908. The lowest BCUT2D eigenvalue weighted by Gasteiger charge is -2.21. The Bertz CT molecular complexity index is 491. The molecule has 0 saturated carbocycles. The molecule has 0 spiro atoms. The van der Waals surface area contributed by atoms with Crippen LogP contribution in [0.15, 0.2) is 28.7 Å². The maximum Gasteiger partial charge on any atom is 0.222 e. The number of carbonyl (C=O) groups is 1. The van der Waals surface area contributed by atoms with Gasteiger partial charge >= 0.3 is 0 Å². The second-order valence-corrected chi connectivity index (χ2v) is 7.08. The Morgan fingerprint density at radius 3 is 2.52 bits per heavy atom. The molecule has 4 heteroatoms. The summed E-state index contributed by atoms with van der Waals surface area (Å²) in [4.78, 5) is 14.5. The predicted octanol–water partition coefficient (Wildman–Crippen LogP) is 2.84. The summed E-state index contributed by atoms with van der Waals surface area (Å²) in [5.41, 5.74) is 1.22. The van der Waals surface area contributed by atoms with Crippen molar-refractivity contribution in [3.8, 4) is 0 Å². The third kappa shape index (κ3) is 3.67. The molecule has 3 rings (SSSR count). The third-order valence-electron chi connectivity index (χ3n) is 4.94. The van der Waals surface area contributed by atoms with E-state index in [1.54, 1.807) is 0 Å². The molecule has 0 aliphatic carbocycles. The maximum atomic E-state index is 12.5. The predicted molar refractivity (Wildman–Crippen MR) is 88.1 cm³/mol. The highest BCUT2D eigenvalue weighted by Gasteiger charge is 2.31. The van der Waals surface area contributed by atoms with E-state index in [0.29, 0.717) is 12.3 Å². The highest BCUT2D eigenvalue weighted by Crippen LogP contribution is 2.27. The minimum atomic E-state index is 0.318. The van der Waals surface area contributed by atoms with E-state index in [2.05, 4.69) is 32.2 Å². The summed E-state index contributed by atoms with van der Waals surface area (Å²) in [6.45, 7) is 4.17. The van der Waals surface area contributed by atoms with E-state index in [0.717, 1.165) is 48.9 Å². The van der Waals surface area contributed by atoms with Gasteiger partial charge in [0.1, 0.15) is 0 Å². The van der Waals surface area contributed by atoms with Crippen molar-refractivity contribution < 1.29 is 4.79 Å². The fourth-order valence-corrected chi connectivity index (χ4v) is 4.05. The Morgan fingerprint density at radius 2 is 1.86 bits per heavy atom. The topological polar surface area (TPSA) is 32.3 Å². The van der Waals surface area contributed by atoms with Crippen molar-refractivity contribution >= 4 is 21.8 Å². The number of hydrogen-bond donors (Lipinski definition) is 1. The van der Waals surface area contributed by atoms with Crippen molar-refractivity contribution in [2.45, 2.75) is 25.7 Å². The van der Waals surface area contributed by atoms with Crippen LogP contribution in [0.1, 0.15) is 24.8 Å². The lowest BCUT2D eigenvalue weighted by atomic mass is 9.92. The van der Waals surface area contributed by atoms with Gasteiger partial charge in [0.25, 0.3) is 0 Å². The fraction of sp³-hybridized carbons (Fsp3) is 0.588. The molecule has 114 valence electrons. The van der Waals surface area contributed by atoms with Crippen LogP contribution in [0.2, 0.25) is 0 Å². The standard InChI is InChI=1S/C17H23BrN2O/c18-16-4-2-1-3-13(16)5-6-17(21)20-9-7-14-11-19-12-15(14)8-10-20/h1-4,14-15,19H,5-12H2/t14-,15+. The first kappa shape index (κ1) is 15.0. The summed E-state index contributed by atoms with van der Waals surface area (Å²) in [6.07, 6.45) is 3.78. The van der Waals surface area contributed by atoms with Crippen molar-refractivity contribution in [2.75, 3.05) is 26.2 Å². The second-order valence-electron chi connectivity index (χ2n) is 6.23. The average Bonchev–Trinajstić information content (AvgIpc) is 2.85. The van der Waals surface area contributed by atoms with Crippen molar-refractivity contribution in [3.05, 3.63) is 34.3 Å². The number of benzene rings is 1. The van der Waals surface area contributed by atoms with Gasteiger partial charge in [-0.05, 0) is 55.8 Å². The van der Waals surface area contributed by atoms with Gasteiger partial charge in [-0.2, -0.15) is 0 Å². The van der Waals surface area contributed by atoms with Crippen LogP contribution in [-0.4, -0.2) is 37.0 Å². The Morgan fingerprint density at radius 1 is 1.19 bits per heavy atom. The molecule has 2 fully saturated rings. The van der Waals surface area contributed by atoms with Crippen LogP contribution in [0.4, 0.5) is 0 Å². The van der Waals surface area contributed by atoms with Gasteiger partial charge in [0.2, 0.25) is 5.91 Å². The lowest BCUT2D eigenvalue weighted by molar-refractivity contribution is -0.131. The SMILES string of the molecule is O=C(CCc1ccccc1Br)N1CC[C@@H]2CNC[C@@H]2CC1. The van der Waals surface area contributed by atoms with Crippen molar-refractivity contribution in [2.24, 2.45) is 11.8 Å². The fourth-order valence-electron chi connectivity index (χ4n) is 3.57. The van der Waals surface area contributed by atoms with Crippen LogP contribution in [0, 0.1) is 11.8 Å². The Labute approximate surface area is 135 Å². The molecular formula is C17H23BrN2O. The number of halogens is 1. The van der Waals surface area contributed by atoms with Crippen LogP contribution in [0.5, 0.6) is 0 Å². The van der Waals surface area contributed by atoms with Gasteiger partial charge in [-0.15, -0.1) is 0 Å². The van der Waals surface area contributed by atoms with E-state index in [-0.39, 0.29) is 0 Å². The lowest BCUT2D eigenvalue weighted by Crippen LogP contribution is -2.32. The molecule has 2 saturated heterocycles. The molecule has 2 aliphatic rings. The minimum absolute atomic E-state index is 0.318. The number of likely N-dealkylation sites (tertiary alicyclic amines) is 1. The Balaban J connectivity index is 1.52. The van der Waals surface area contributed by atoms with E-state index in [1.165, 1.54) is 18.4 Å². The zero-order chi connectivity index (χ0) is 14.7. The molecule has 2 heterocycles. The molecule has 2 atom stereocenters. The first-order valence-corrected chi connectivity index (χ1v) is 8.75. The molecule has 0 unspecified atom stereocenters. The normalized spacial score (nSPS) is 25.5. The van der Waals surface area contributed by atoms with Crippen molar-refractivity contribution in [3.63, 3.8) is 0 Å². The van der Waals surface area contributed by atoms with Crippen LogP contribution in [0.25, 0.3) is 0 Å². The maximum absolute atomic E-state index is 12.5. The zero-order valence-electron chi connectivity index (χ0n) is 12.4. The number of nitrogens with one attached hydrogen (secondary N) is 1. The number of nitrogens with zero attached hydrogens (tertiary/aromatic N) is 1. The number of carbonyl (C=O) groups excluding carboxylic acids is 1. The van der Waals surface area contributed by atoms with Gasteiger partial charge in [-0.3, -0.25) is 4.79 Å². The second kappa shape index (κ2) is 6.93. The molecule has 1 amide bonds. The molecule has 1 aromatic carbocycles. The van der Waals surface area contributed by atoms with Gasteiger partial charge < -0.3 is 10.2 Å². The first-order valence-electron chi connectivity index (χ1n) is 7.96. The molecule has 1 N–H and O–H groups in total. The number of fused-ring (bicyclic) bond motifs is 1. The highest BCUT2D eigenvalue weighted by atomic mass is 79.9. The molecule has 0 bridgehead atoms. The number of aryl methyl sites for hydroxylation is 1. The zero-order valence-corrected chi connectivity index (χ0v) is 13.9. The van der Waals surface area contributed by atoms with E-state index in [1.807, 2.05) is 18.2 Å². The molecule has 3 nitrogen and oxygen atoms in total. The van der Waals surface area contributed by atoms with E-state index in [9.17, 15) is 4.79 Å².